The average Bonchev–Trinajstić information content (AvgIpc) is 1.89. The van der Waals surface area contributed by atoms with Crippen LogP contribution in [-0.2, 0) is 4.79 Å². The van der Waals surface area contributed by atoms with Crippen LogP contribution in [0.2, 0.25) is 0 Å². The molecule has 0 spiro atoms. The van der Waals surface area contributed by atoms with Crippen molar-refractivity contribution in [2.45, 2.75) is 0 Å². The van der Waals surface area contributed by atoms with Crippen molar-refractivity contribution in [2.24, 2.45) is 11.5 Å². The number of amides is 1. The second kappa shape index (κ2) is 10.2. The van der Waals surface area contributed by atoms with E-state index >= 15 is 0 Å². The van der Waals surface area contributed by atoms with Crippen molar-refractivity contribution >= 4 is 5.91 Å². The predicted molar refractivity (Wildman–Crippen MR) is 35.5 cm³/mol. The van der Waals surface area contributed by atoms with Crippen molar-refractivity contribution in [3.05, 3.63) is 12.7 Å². The maximum absolute atomic E-state index is 9.47. The molecule has 0 aliphatic carbocycles. The Morgan fingerprint density at radius 1 is 1.78 bits per heavy atom. The van der Waals surface area contributed by atoms with Gasteiger partial charge in [0.2, 0.25) is 5.91 Å². The zero-order valence-electron chi connectivity index (χ0n) is 5.21. The summed E-state index contributed by atoms with van der Waals surface area (Å²) in [6.45, 7) is 3.56. The van der Waals surface area contributed by atoms with E-state index in [9.17, 15) is 4.79 Å². The lowest BCUT2D eigenvalue weighted by Gasteiger charge is -1.71. The Bertz CT molecular complexity index is 81.0. The zero-order chi connectivity index (χ0) is 7.70. The van der Waals surface area contributed by atoms with Gasteiger partial charge in [0.05, 0.1) is 6.61 Å². The molecule has 0 saturated carbocycles. The standard InChI is InChI=1S/C3H5NO.C2H7NO/c1-2-3(4)5;3-1-2-4/h2H,1H2,(H2,4,5);4H,1-3H2. The molecule has 4 nitrogen and oxygen atoms in total. The van der Waals surface area contributed by atoms with Gasteiger partial charge in [-0.15, -0.1) is 0 Å². The first kappa shape index (κ1) is 11.0. The molecule has 0 fully saturated rings. The van der Waals surface area contributed by atoms with Gasteiger partial charge in [-0.2, -0.15) is 0 Å². The highest BCUT2D eigenvalue weighted by molar-refractivity contribution is 5.84. The van der Waals surface area contributed by atoms with E-state index in [1.54, 1.807) is 0 Å². The summed E-state index contributed by atoms with van der Waals surface area (Å²) in [6.07, 6.45) is 1.06. The number of primary amides is 1. The van der Waals surface area contributed by atoms with Crippen LogP contribution < -0.4 is 11.5 Å². The number of carbonyl (C=O) groups is 1. The van der Waals surface area contributed by atoms with Crippen LogP contribution in [0.1, 0.15) is 0 Å². The van der Waals surface area contributed by atoms with Crippen molar-refractivity contribution in [2.75, 3.05) is 13.2 Å². The Morgan fingerprint density at radius 3 is 2.00 bits per heavy atom. The molecule has 5 N–H and O–H groups in total. The Labute approximate surface area is 54.2 Å². The van der Waals surface area contributed by atoms with Gasteiger partial charge in [0.25, 0.3) is 0 Å². The second-order valence-corrected chi connectivity index (χ2v) is 1.12. The van der Waals surface area contributed by atoms with E-state index in [-0.39, 0.29) is 6.61 Å². The molecule has 0 rings (SSSR count). The lowest BCUT2D eigenvalue weighted by molar-refractivity contribution is -0.113. The molecular formula is C5H12N2O2. The van der Waals surface area contributed by atoms with Crippen LogP contribution in [0, 0.1) is 0 Å². The van der Waals surface area contributed by atoms with Crippen LogP contribution in [0.25, 0.3) is 0 Å². The summed E-state index contributed by atoms with van der Waals surface area (Å²) in [4.78, 5) is 9.47. The fraction of sp³-hybridized carbons (Fsp3) is 0.400. The monoisotopic (exact) mass is 132 g/mol. The first-order chi connectivity index (χ1) is 4.18. The summed E-state index contributed by atoms with van der Waals surface area (Å²) in [6, 6.07) is 0. The van der Waals surface area contributed by atoms with Gasteiger partial charge in [0.15, 0.2) is 0 Å². The minimum Gasteiger partial charge on any atom is -0.395 e. The van der Waals surface area contributed by atoms with Gasteiger partial charge in [-0.25, -0.2) is 0 Å². The summed E-state index contributed by atoms with van der Waals surface area (Å²) in [5, 5.41) is 7.75. The molecule has 0 aliphatic heterocycles. The second-order valence-electron chi connectivity index (χ2n) is 1.12. The zero-order valence-corrected chi connectivity index (χ0v) is 5.21. The third-order valence-corrected chi connectivity index (χ3v) is 0.330. The molecule has 0 aliphatic rings. The summed E-state index contributed by atoms with van der Waals surface area (Å²) in [5.41, 5.74) is 9.31. The van der Waals surface area contributed by atoms with E-state index in [0.717, 1.165) is 6.08 Å². The first-order valence-electron chi connectivity index (χ1n) is 2.41. The number of aliphatic hydroxyl groups excluding tert-OH is 1. The lowest BCUT2D eigenvalue weighted by Crippen LogP contribution is -2.04. The van der Waals surface area contributed by atoms with Gasteiger partial charge in [0.1, 0.15) is 0 Å². The van der Waals surface area contributed by atoms with E-state index in [0.29, 0.717) is 6.54 Å². The topological polar surface area (TPSA) is 89.3 Å². The first-order valence-corrected chi connectivity index (χ1v) is 2.41. The van der Waals surface area contributed by atoms with E-state index in [4.69, 9.17) is 10.8 Å². The number of carbonyl (C=O) groups excluding carboxylic acids is 1. The van der Waals surface area contributed by atoms with Crippen LogP contribution in [0.4, 0.5) is 0 Å². The highest BCUT2D eigenvalue weighted by atomic mass is 16.3. The van der Waals surface area contributed by atoms with Crippen molar-refractivity contribution in [1.82, 2.24) is 0 Å². The fourth-order valence-electron chi connectivity index (χ4n) is 0. The Morgan fingerprint density at radius 2 is 2.00 bits per heavy atom. The van der Waals surface area contributed by atoms with Gasteiger partial charge < -0.3 is 16.6 Å². The third-order valence-electron chi connectivity index (χ3n) is 0.330. The van der Waals surface area contributed by atoms with E-state index in [1.165, 1.54) is 0 Å². The maximum Gasteiger partial charge on any atom is 0.240 e. The lowest BCUT2D eigenvalue weighted by atomic mass is 10.6. The number of hydrogen-bond acceptors (Lipinski definition) is 3. The van der Waals surface area contributed by atoms with Crippen molar-refractivity contribution in [3.8, 4) is 0 Å². The van der Waals surface area contributed by atoms with E-state index in [2.05, 4.69) is 12.3 Å². The SMILES string of the molecule is C=CC(N)=O.NCCO. The summed E-state index contributed by atoms with van der Waals surface area (Å²) < 4.78 is 0. The summed E-state index contributed by atoms with van der Waals surface area (Å²) >= 11 is 0. The highest BCUT2D eigenvalue weighted by Crippen LogP contribution is 1.48. The molecule has 0 aromatic rings. The molecule has 0 aromatic heterocycles. The Balaban J connectivity index is 0. The molecule has 0 unspecified atom stereocenters. The van der Waals surface area contributed by atoms with Gasteiger partial charge in [-0.05, 0) is 6.08 Å². The molecule has 0 aromatic carbocycles. The van der Waals surface area contributed by atoms with E-state index < -0.39 is 5.91 Å². The minimum atomic E-state index is -0.481. The highest BCUT2D eigenvalue weighted by Gasteiger charge is 1.69. The van der Waals surface area contributed by atoms with Crippen LogP contribution >= 0.6 is 0 Å². The van der Waals surface area contributed by atoms with Gasteiger partial charge in [-0.3, -0.25) is 4.79 Å². The number of rotatable bonds is 2. The smallest absolute Gasteiger partial charge is 0.240 e. The summed E-state index contributed by atoms with van der Waals surface area (Å²) in [5.74, 6) is -0.481. The molecular weight excluding hydrogens is 120 g/mol. The van der Waals surface area contributed by atoms with Crippen molar-refractivity contribution in [1.29, 1.82) is 0 Å². The van der Waals surface area contributed by atoms with Gasteiger partial charge in [-0.1, -0.05) is 6.58 Å². The Kier molecular flexibility index (Phi) is 12.4. The molecule has 54 valence electrons. The van der Waals surface area contributed by atoms with E-state index in [1.807, 2.05) is 0 Å². The predicted octanol–water partition coefficient (Wildman–Crippen LogP) is -1.40. The molecule has 0 bridgehead atoms. The third kappa shape index (κ3) is 41.4. The molecule has 0 heterocycles. The van der Waals surface area contributed by atoms with Crippen LogP contribution in [0.15, 0.2) is 12.7 Å². The largest absolute Gasteiger partial charge is 0.395 e. The van der Waals surface area contributed by atoms with Gasteiger partial charge in [0, 0.05) is 6.54 Å². The molecule has 9 heavy (non-hydrogen) atoms. The van der Waals surface area contributed by atoms with Crippen LogP contribution in [0.3, 0.4) is 0 Å². The normalized spacial score (nSPS) is 6.89. The van der Waals surface area contributed by atoms with Crippen LogP contribution in [0.5, 0.6) is 0 Å². The molecule has 1 amide bonds. The Hall–Kier alpha value is -0.870. The minimum absolute atomic E-state index is 0.0972. The summed E-state index contributed by atoms with van der Waals surface area (Å²) in [7, 11) is 0. The number of nitrogens with two attached hydrogens (primary N) is 2. The molecule has 0 radical (unpaired) electrons. The quantitative estimate of drug-likeness (QED) is 0.403. The van der Waals surface area contributed by atoms with Crippen molar-refractivity contribution in [3.63, 3.8) is 0 Å². The molecule has 4 heteroatoms. The van der Waals surface area contributed by atoms with Crippen LogP contribution in [-0.4, -0.2) is 24.2 Å². The number of aliphatic hydroxyl groups is 1. The van der Waals surface area contributed by atoms with Gasteiger partial charge >= 0.3 is 0 Å². The maximum atomic E-state index is 9.47. The molecule has 0 saturated heterocycles. The number of hydrogen-bond donors (Lipinski definition) is 3. The van der Waals surface area contributed by atoms with Crippen molar-refractivity contribution < 1.29 is 9.90 Å². The average molecular weight is 132 g/mol. The fourth-order valence-corrected chi connectivity index (χ4v) is 0. The molecule has 0 atom stereocenters.